The summed E-state index contributed by atoms with van der Waals surface area (Å²) >= 11 is 0. The summed E-state index contributed by atoms with van der Waals surface area (Å²) in [7, 11) is -0.790. The Morgan fingerprint density at radius 2 is 1.97 bits per heavy atom. The van der Waals surface area contributed by atoms with E-state index in [2.05, 4.69) is 33.9 Å². The highest BCUT2D eigenvalue weighted by atomic mass is 28.4. The van der Waals surface area contributed by atoms with E-state index in [9.17, 15) is 19.8 Å². The van der Waals surface area contributed by atoms with Crippen molar-refractivity contribution in [3.05, 3.63) is 23.3 Å². The molecule has 8 nitrogen and oxygen atoms in total. The molecule has 0 saturated heterocycles. The van der Waals surface area contributed by atoms with E-state index in [1.165, 1.54) is 14.0 Å². The largest absolute Gasteiger partial charge is 0.493 e. The lowest BCUT2D eigenvalue weighted by Crippen LogP contribution is -2.65. The fourth-order valence-corrected chi connectivity index (χ4v) is 6.14. The second-order valence-corrected chi connectivity index (χ2v) is 15.3. The quantitative estimate of drug-likeness (QED) is 0.348. The van der Waals surface area contributed by atoms with E-state index in [-0.39, 0.29) is 24.5 Å². The number of benzene rings is 1. The molecule has 1 saturated carbocycles. The summed E-state index contributed by atoms with van der Waals surface area (Å²) in [6, 6.07) is 3.26. The van der Waals surface area contributed by atoms with Crippen LogP contribution in [0.15, 0.2) is 12.1 Å². The Morgan fingerprint density at radius 3 is 2.52 bits per heavy atom. The Bertz CT molecular complexity index is 908. The van der Waals surface area contributed by atoms with Crippen LogP contribution in [0.5, 0.6) is 11.5 Å². The number of rotatable bonds is 7. The molecule has 1 aromatic carbocycles. The molecule has 0 amide bonds. The lowest BCUT2D eigenvalue weighted by Gasteiger charge is -2.51. The topological polar surface area (TPSA) is 112 Å². The smallest absolute Gasteiger partial charge is 0.302 e. The monoisotopic (exact) mass is 480 g/mol. The van der Waals surface area contributed by atoms with Crippen LogP contribution >= 0.6 is 0 Å². The number of carbonyl (C=O) groups is 2. The Kier molecular flexibility index (Phi) is 7.01. The van der Waals surface area contributed by atoms with Crippen LogP contribution in [0.1, 0.15) is 56.5 Å². The minimum absolute atomic E-state index is 0.0132. The van der Waals surface area contributed by atoms with Gasteiger partial charge in [-0.15, -0.1) is 0 Å². The molecule has 1 fully saturated rings. The van der Waals surface area contributed by atoms with E-state index in [1.807, 2.05) is 0 Å². The summed E-state index contributed by atoms with van der Waals surface area (Å²) in [6.07, 6.45) is -2.59. The van der Waals surface area contributed by atoms with Crippen molar-refractivity contribution in [1.82, 2.24) is 0 Å². The standard InChI is InChI=1S/C24H36O8Si/c1-14(26)30-11-10-24-19-15(13-25)8-9-17(29-5)20(19)31-22(24)18(12-16(27)21(24)28)32-33(6,7)23(2,3)4/h8-9,13,16,18,21-22,27-28H,10-12H2,1-7H3/t16-,18-,21-,22+,24-/m0/s1. The van der Waals surface area contributed by atoms with Gasteiger partial charge in [-0.05, 0) is 36.7 Å². The van der Waals surface area contributed by atoms with Crippen LogP contribution in [0, 0.1) is 0 Å². The molecule has 33 heavy (non-hydrogen) atoms. The molecule has 0 bridgehead atoms. The molecule has 0 spiro atoms. The molecule has 1 aliphatic carbocycles. The number of aliphatic hydroxyl groups excluding tert-OH is 2. The van der Waals surface area contributed by atoms with Gasteiger partial charge in [-0.1, -0.05) is 20.8 Å². The van der Waals surface area contributed by atoms with Crippen molar-refractivity contribution in [3.63, 3.8) is 0 Å². The maximum Gasteiger partial charge on any atom is 0.302 e. The average molecular weight is 481 g/mol. The molecular formula is C24H36O8Si. The molecule has 3 rings (SSSR count). The molecule has 1 heterocycles. The third-order valence-electron chi connectivity index (χ3n) is 7.50. The Morgan fingerprint density at radius 1 is 1.30 bits per heavy atom. The summed E-state index contributed by atoms with van der Waals surface area (Å²) in [5, 5.41) is 22.3. The first kappa shape index (κ1) is 25.7. The van der Waals surface area contributed by atoms with Crippen LogP contribution in [0.4, 0.5) is 0 Å². The minimum atomic E-state index is -2.29. The Labute approximate surface area is 196 Å². The number of methoxy groups -OCH3 is 1. The lowest BCUT2D eigenvalue weighted by molar-refractivity contribution is -0.152. The van der Waals surface area contributed by atoms with E-state index in [1.54, 1.807) is 12.1 Å². The van der Waals surface area contributed by atoms with Crippen LogP contribution < -0.4 is 9.47 Å². The first-order chi connectivity index (χ1) is 15.3. The molecular weight excluding hydrogens is 444 g/mol. The average Bonchev–Trinajstić information content (AvgIpc) is 3.07. The fourth-order valence-electron chi connectivity index (χ4n) is 4.81. The van der Waals surface area contributed by atoms with Gasteiger partial charge in [0.1, 0.15) is 12.4 Å². The summed E-state index contributed by atoms with van der Waals surface area (Å²) in [5.74, 6) is 0.319. The zero-order valence-corrected chi connectivity index (χ0v) is 21.5. The van der Waals surface area contributed by atoms with Crippen molar-refractivity contribution < 1.29 is 38.4 Å². The SMILES string of the molecule is COc1ccc(C=O)c2c1O[C@@H]1[C@@H](O[Si](C)(C)C(C)(C)C)C[C@H](O)[C@H](O)[C@]21CCOC(C)=O. The van der Waals surface area contributed by atoms with Gasteiger partial charge in [-0.25, -0.2) is 0 Å². The maximum absolute atomic E-state index is 12.0. The predicted octanol–water partition coefficient (Wildman–Crippen LogP) is 2.98. The van der Waals surface area contributed by atoms with Crippen molar-refractivity contribution >= 4 is 20.6 Å². The highest BCUT2D eigenvalue weighted by Gasteiger charge is 2.64. The Balaban J connectivity index is 2.18. The van der Waals surface area contributed by atoms with Gasteiger partial charge in [0.15, 0.2) is 19.8 Å². The summed E-state index contributed by atoms with van der Waals surface area (Å²) < 4.78 is 23.9. The van der Waals surface area contributed by atoms with Crippen molar-refractivity contribution in [2.75, 3.05) is 13.7 Å². The van der Waals surface area contributed by atoms with E-state index in [4.69, 9.17) is 18.6 Å². The second kappa shape index (κ2) is 9.01. The summed E-state index contributed by atoms with van der Waals surface area (Å²) in [4.78, 5) is 23.5. The molecule has 184 valence electrons. The number of esters is 1. The molecule has 9 heteroatoms. The van der Waals surface area contributed by atoms with Crippen LogP contribution in [0.3, 0.4) is 0 Å². The molecule has 0 radical (unpaired) electrons. The van der Waals surface area contributed by atoms with E-state index >= 15 is 0 Å². The van der Waals surface area contributed by atoms with Gasteiger partial charge in [0.05, 0.1) is 37.4 Å². The van der Waals surface area contributed by atoms with Crippen LogP contribution in [-0.4, -0.2) is 68.9 Å². The van der Waals surface area contributed by atoms with E-state index < -0.39 is 44.1 Å². The van der Waals surface area contributed by atoms with Crippen LogP contribution in [0.2, 0.25) is 18.1 Å². The highest BCUT2D eigenvalue weighted by molar-refractivity contribution is 6.74. The number of hydrogen-bond acceptors (Lipinski definition) is 8. The molecule has 2 aliphatic rings. The van der Waals surface area contributed by atoms with Crippen LogP contribution in [0.25, 0.3) is 0 Å². The molecule has 1 aromatic rings. The van der Waals surface area contributed by atoms with Gasteiger partial charge in [-0.3, -0.25) is 9.59 Å². The number of carbonyl (C=O) groups excluding carboxylic acids is 2. The first-order valence-electron chi connectivity index (χ1n) is 11.3. The predicted molar refractivity (Wildman–Crippen MR) is 124 cm³/mol. The van der Waals surface area contributed by atoms with Crippen molar-refractivity contribution in [2.45, 2.75) is 88.5 Å². The summed E-state index contributed by atoms with van der Waals surface area (Å²) in [6.45, 7) is 11.9. The number of fused-ring (bicyclic) bond motifs is 3. The zero-order valence-electron chi connectivity index (χ0n) is 20.5. The van der Waals surface area contributed by atoms with Gasteiger partial charge in [0, 0.05) is 24.5 Å². The molecule has 0 unspecified atom stereocenters. The van der Waals surface area contributed by atoms with Gasteiger partial charge >= 0.3 is 5.97 Å². The molecule has 1 aliphatic heterocycles. The highest BCUT2D eigenvalue weighted by Crippen LogP contribution is 2.57. The first-order valence-corrected chi connectivity index (χ1v) is 14.2. The number of ether oxygens (including phenoxy) is 3. The maximum atomic E-state index is 12.0. The third-order valence-corrected chi connectivity index (χ3v) is 12.0. The normalized spacial score (nSPS) is 29.0. The zero-order chi connectivity index (χ0) is 24.8. The van der Waals surface area contributed by atoms with E-state index in [0.717, 1.165) is 0 Å². The van der Waals surface area contributed by atoms with E-state index in [0.29, 0.717) is 28.9 Å². The van der Waals surface area contributed by atoms with Crippen molar-refractivity contribution in [2.24, 2.45) is 0 Å². The van der Waals surface area contributed by atoms with Gasteiger partial charge in [0.2, 0.25) is 0 Å². The van der Waals surface area contributed by atoms with Crippen molar-refractivity contribution in [1.29, 1.82) is 0 Å². The molecule has 0 aromatic heterocycles. The number of aliphatic hydroxyl groups is 2. The number of hydrogen-bond donors (Lipinski definition) is 2. The van der Waals surface area contributed by atoms with Crippen molar-refractivity contribution in [3.8, 4) is 11.5 Å². The Hall–Kier alpha value is -1.94. The fraction of sp³-hybridized carbons (Fsp3) is 0.667. The number of aldehydes is 1. The minimum Gasteiger partial charge on any atom is -0.493 e. The van der Waals surface area contributed by atoms with Crippen LogP contribution in [-0.2, 0) is 19.4 Å². The lowest BCUT2D eigenvalue weighted by atomic mass is 9.62. The van der Waals surface area contributed by atoms with Gasteiger partial charge in [0.25, 0.3) is 0 Å². The summed E-state index contributed by atoms with van der Waals surface area (Å²) in [5.41, 5.74) is -0.431. The van der Waals surface area contributed by atoms with Gasteiger partial charge < -0.3 is 28.8 Å². The second-order valence-electron chi connectivity index (χ2n) is 10.5. The molecule has 5 atom stereocenters. The third kappa shape index (κ3) is 4.31. The van der Waals surface area contributed by atoms with Gasteiger partial charge in [-0.2, -0.15) is 0 Å². The molecule has 2 N–H and O–H groups in total.